The molecule has 1 aliphatic heterocycles. The molecule has 0 saturated carbocycles. The van der Waals surface area contributed by atoms with Crippen molar-refractivity contribution < 1.29 is 14.4 Å². The second-order valence-corrected chi connectivity index (χ2v) is 5.87. The molecule has 0 radical (unpaired) electrons. The van der Waals surface area contributed by atoms with Crippen molar-refractivity contribution in [2.24, 2.45) is 0 Å². The standard InChI is InChI=1S/C14H16BrN3O3/c1-9(10-3-5-11(15)6-4-10)16-12(19)7-18-13(20)8-17(2)14(18)21/h3-6,9H,7-8H2,1-2H3,(H,16,19)/t9-/m1/s1. The first-order chi connectivity index (χ1) is 9.88. The van der Waals surface area contributed by atoms with E-state index in [1.165, 1.54) is 11.9 Å². The van der Waals surface area contributed by atoms with Crippen LogP contribution < -0.4 is 5.32 Å². The molecule has 1 aromatic rings. The topological polar surface area (TPSA) is 69.7 Å². The number of nitrogens with zero attached hydrogens (tertiary/aromatic N) is 2. The van der Waals surface area contributed by atoms with Crippen LogP contribution in [-0.2, 0) is 9.59 Å². The van der Waals surface area contributed by atoms with Gasteiger partial charge in [0.15, 0.2) is 0 Å². The van der Waals surface area contributed by atoms with Gasteiger partial charge in [-0.15, -0.1) is 0 Å². The van der Waals surface area contributed by atoms with Gasteiger partial charge in [0.2, 0.25) is 5.91 Å². The van der Waals surface area contributed by atoms with Crippen LogP contribution >= 0.6 is 15.9 Å². The predicted octanol–water partition coefficient (Wildman–Crippen LogP) is 1.52. The number of carbonyl (C=O) groups excluding carboxylic acids is 3. The number of likely N-dealkylation sites (N-methyl/N-ethyl adjacent to an activating group) is 1. The molecule has 21 heavy (non-hydrogen) atoms. The number of halogens is 1. The highest BCUT2D eigenvalue weighted by molar-refractivity contribution is 9.10. The first kappa shape index (κ1) is 15.5. The van der Waals surface area contributed by atoms with Crippen molar-refractivity contribution in [1.29, 1.82) is 0 Å². The van der Waals surface area contributed by atoms with E-state index < -0.39 is 6.03 Å². The molecular formula is C14H16BrN3O3. The fraction of sp³-hybridized carbons (Fsp3) is 0.357. The lowest BCUT2D eigenvalue weighted by Gasteiger charge is -2.17. The molecule has 0 bridgehead atoms. The quantitative estimate of drug-likeness (QED) is 0.834. The van der Waals surface area contributed by atoms with Crippen molar-refractivity contribution in [3.63, 3.8) is 0 Å². The number of hydrogen-bond acceptors (Lipinski definition) is 3. The summed E-state index contributed by atoms with van der Waals surface area (Å²) in [5.41, 5.74) is 0.947. The number of imide groups is 1. The van der Waals surface area contributed by atoms with Gasteiger partial charge in [0.05, 0.1) is 6.04 Å². The molecule has 4 amide bonds. The van der Waals surface area contributed by atoms with Crippen LogP contribution in [0.5, 0.6) is 0 Å². The van der Waals surface area contributed by atoms with Crippen molar-refractivity contribution in [3.05, 3.63) is 34.3 Å². The maximum Gasteiger partial charge on any atom is 0.327 e. The molecule has 0 spiro atoms. The van der Waals surface area contributed by atoms with Gasteiger partial charge in [-0.2, -0.15) is 0 Å². The number of carbonyl (C=O) groups is 3. The van der Waals surface area contributed by atoms with Gasteiger partial charge in [-0.05, 0) is 24.6 Å². The highest BCUT2D eigenvalue weighted by Gasteiger charge is 2.34. The Balaban J connectivity index is 1.94. The molecule has 0 aliphatic carbocycles. The third-order valence-electron chi connectivity index (χ3n) is 3.28. The Kier molecular flexibility index (Phi) is 4.62. The van der Waals surface area contributed by atoms with Gasteiger partial charge < -0.3 is 10.2 Å². The van der Waals surface area contributed by atoms with Gasteiger partial charge in [0.25, 0.3) is 5.91 Å². The van der Waals surface area contributed by atoms with Crippen LogP contribution in [0.2, 0.25) is 0 Å². The maximum atomic E-state index is 12.0. The molecule has 1 N–H and O–H groups in total. The average Bonchev–Trinajstić information content (AvgIpc) is 2.66. The molecule has 0 aromatic heterocycles. The average molecular weight is 354 g/mol. The molecule has 1 heterocycles. The van der Waals surface area contributed by atoms with Crippen LogP contribution in [0, 0.1) is 0 Å². The Morgan fingerprint density at radius 3 is 2.48 bits per heavy atom. The molecule has 112 valence electrons. The summed E-state index contributed by atoms with van der Waals surface area (Å²) in [5, 5.41) is 2.78. The highest BCUT2D eigenvalue weighted by atomic mass is 79.9. The van der Waals surface area contributed by atoms with Crippen molar-refractivity contribution in [3.8, 4) is 0 Å². The number of hydrogen-bond donors (Lipinski definition) is 1. The Morgan fingerprint density at radius 2 is 1.95 bits per heavy atom. The monoisotopic (exact) mass is 353 g/mol. The van der Waals surface area contributed by atoms with Crippen LogP contribution in [0.3, 0.4) is 0 Å². The smallest absolute Gasteiger partial charge is 0.327 e. The minimum absolute atomic E-state index is 0.0222. The van der Waals surface area contributed by atoms with E-state index in [0.717, 1.165) is 14.9 Å². The largest absolute Gasteiger partial charge is 0.348 e. The molecule has 1 atom stereocenters. The minimum atomic E-state index is -0.438. The second kappa shape index (κ2) is 6.26. The Morgan fingerprint density at radius 1 is 1.33 bits per heavy atom. The first-order valence-corrected chi connectivity index (χ1v) is 7.28. The van der Waals surface area contributed by atoms with Crippen molar-refractivity contribution in [1.82, 2.24) is 15.1 Å². The Bertz CT molecular complexity index is 573. The third-order valence-corrected chi connectivity index (χ3v) is 3.81. The summed E-state index contributed by atoms with van der Waals surface area (Å²) in [7, 11) is 1.53. The second-order valence-electron chi connectivity index (χ2n) is 4.96. The zero-order valence-electron chi connectivity index (χ0n) is 11.8. The van der Waals surface area contributed by atoms with Crippen LogP contribution in [0.15, 0.2) is 28.7 Å². The van der Waals surface area contributed by atoms with E-state index in [-0.39, 0.29) is 30.9 Å². The molecule has 1 fully saturated rings. The zero-order chi connectivity index (χ0) is 15.6. The van der Waals surface area contributed by atoms with Crippen LogP contribution in [0.25, 0.3) is 0 Å². The fourth-order valence-electron chi connectivity index (χ4n) is 2.09. The normalized spacial score (nSPS) is 16.3. The van der Waals surface area contributed by atoms with Gasteiger partial charge in [0.1, 0.15) is 13.1 Å². The number of amides is 4. The van der Waals surface area contributed by atoms with E-state index in [1.54, 1.807) is 0 Å². The van der Waals surface area contributed by atoms with Crippen LogP contribution in [-0.4, -0.2) is 47.8 Å². The molecule has 1 aliphatic rings. The van der Waals surface area contributed by atoms with Gasteiger partial charge in [-0.3, -0.25) is 14.5 Å². The molecular weight excluding hydrogens is 338 g/mol. The van der Waals surface area contributed by atoms with E-state index in [1.807, 2.05) is 31.2 Å². The Hall–Kier alpha value is -1.89. The van der Waals surface area contributed by atoms with E-state index in [2.05, 4.69) is 21.2 Å². The van der Waals surface area contributed by atoms with Crippen LogP contribution in [0.1, 0.15) is 18.5 Å². The SMILES string of the molecule is C[C@@H](NC(=O)CN1C(=O)CN(C)C1=O)c1ccc(Br)cc1. The molecule has 7 heteroatoms. The summed E-state index contributed by atoms with van der Waals surface area (Å²) in [6.07, 6.45) is 0. The van der Waals surface area contributed by atoms with Gasteiger partial charge in [-0.25, -0.2) is 4.79 Å². The summed E-state index contributed by atoms with van der Waals surface area (Å²) in [5.74, 6) is -0.712. The zero-order valence-corrected chi connectivity index (χ0v) is 13.4. The molecule has 2 rings (SSSR count). The molecule has 1 saturated heterocycles. The summed E-state index contributed by atoms with van der Waals surface area (Å²) in [4.78, 5) is 37.5. The van der Waals surface area contributed by atoms with Gasteiger partial charge in [-0.1, -0.05) is 28.1 Å². The lowest BCUT2D eigenvalue weighted by molar-refractivity contribution is -0.131. The van der Waals surface area contributed by atoms with E-state index in [4.69, 9.17) is 0 Å². The predicted molar refractivity (Wildman–Crippen MR) is 80.4 cm³/mol. The first-order valence-electron chi connectivity index (χ1n) is 6.49. The number of urea groups is 1. The van der Waals surface area contributed by atoms with Crippen molar-refractivity contribution in [2.45, 2.75) is 13.0 Å². The molecule has 6 nitrogen and oxygen atoms in total. The fourth-order valence-corrected chi connectivity index (χ4v) is 2.35. The Labute approximate surface area is 131 Å². The lowest BCUT2D eigenvalue weighted by atomic mass is 10.1. The highest BCUT2D eigenvalue weighted by Crippen LogP contribution is 2.16. The van der Waals surface area contributed by atoms with Gasteiger partial charge in [0, 0.05) is 11.5 Å². The van der Waals surface area contributed by atoms with Crippen molar-refractivity contribution >= 4 is 33.8 Å². The van der Waals surface area contributed by atoms with E-state index in [9.17, 15) is 14.4 Å². The summed E-state index contributed by atoms with van der Waals surface area (Å²) < 4.78 is 0.959. The summed E-state index contributed by atoms with van der Waals surface area (Å²) >= 11 is 3.35. The lowest BCUT2D eigenvalue weighted by Crippen LogP contribution is -2.41. The van der Waals surface area contributed by atoms with Crippen LogP contribution in [0.4, 0.5) is 4.79 Å². The van der Waals surface area contributed by atoms with Crippen molar-refractivity contribution in [2.75, 3.05) is 20.1 Å². The molecule has 0 unspecified atom stereocenters. The minimum Gasteiger partial charge on any atom is -0.348 e. The number of nitrogens with one attached hydrogen (secondary N) is 1. The summed E-state index contributed by atoms with van der Waals surface area (Å²) in [6.45, 7) is 1.62. The number of benzene rings is 1. The molecule has 1 aromatic carbocycles. The van der Waals surface area contributed by atoms with Gasteiger partial charge >= 0.3 is 6.03 Å². The summed E-state index contributed by atoms with van der Waals surface area (Å²) in [6, 6.07) is 6.94. The van der Waals surface area contributed by atoms with E-state index >= 15 is 0 Å². The van der Waals surface area contributed by atoms with E-state index in [0.29, 0.717) is 0 Å². The maximum absolute atomic E-state index is 12.0. The number of rotatable bonds is 4. The third kappa shape index (κ3) is 3.60.